The Balaban J connectivity index is 2.63. The molecule has 0 N–H and O–H groups in total. The highest BCUT2D eigenvalue weighted by Crippen LogP contribution is 2.42. The Morgan fingerprint density at radius 3 is 2.20 bits per heavy atom. The molecule has 0 bridgehead atoms. The maximum atomic E-state index is 13.1. The van der Waals surface area contributed by atoms with Crippen molar-refractivity contribution >= 4 is 23.6 Å². The van der Waals surface area contributed by atoms with Crippen LogP contribution < -0.4 is 0 Å². The van der Waals surface area contributed by atoms with Gasteiger partial charge in [0, 0.05) is 17.3 Å². The quantitative estimate of drug-likeness (QED) is 0.354. The fourth-order valence-electron chi connectivity index (χ4n) is 4.45. The van der Waals surface area contributed by atoms with Crippen molar-refractivity contribution in [1.29, 1.82) is 0 Å². The Morgan fingerprint density at radius 1 is 1.00 bits per heavy atom. The number of carbonyl (C=O) groups excluding carboxylic acids is 3. The van der Waals surface area contributed by atoms with Crippen LogP contribution in [-0.2, 0) is 35.0 Å². The van der Waals surface area contributed by atoms with Crippen LogP contribution in [0.5, 0.6) is 0 Å². The maximum absolute atomic E-state index is 13.1. The second kappa shape index (κ2) is 12.1. The minimum atomic E-state index is -0.777. The zero-order valence-corrected chi connectivity index (χ0v) is 22.3. The number of aliphatic imine (C=N–C) groups is 1. The van der Waals surface area contributed by atoms with E-state index in [1.54, 1.807) is 27.7 Å². The summed E-state index contributed by atoms with van der Waals surface area (Å²) >= 11 is 0. The van der Waals surface area contributed by atoms with E-state index in [0.29, 0.717) is 29.8 Å². The van der Waals surface area contributed by atoms with Gasteiger partial charge in [0.05, 0.1) is 24.7 Å². The number of esters is 3. The first-order chi connectivity index (χ1) is 16.4. The molecule has 3 atom stereocenters. The number of rotatable bonds is 9. The van der Waals surface area contributed by atoms with E-state index in [1.165, 1.54) is 0 Å². The van der Waals surface area contributed by atoms with Crippen LogP contribution in [0.25, 0.3) is 0 Å². The second-order valence-electron chi connectivity index (χ2n) is 9.72. The normalized spacial score (nSPS) is 19.0. The predicted molar refractivity (Wildman–Crippen MR) is 135 cm³/mol. The monoisotopic (exact) mass is 485 g/mol. The van der Waals surface area contributed by atoms with Crippen molar-refractivity contribution in [3.8, 4) is 0 Å². The molecule has 0 aliphatic carbocycles. The largest absolute Gasteiger partial charge is 0.465 e. The molecule has 2 rings (SSSR count). The Morgan fingerprint density at radius 2 is 1.63 bits per heavy atom. The molecule has 1 aliphatic rings. The van der Waals surface area contributed by atoms with Crippen LogP contribution >= 0.6 is 0 Å². The van der Waals surface area contributed by atoms with Crippen molar-refractivity contribution in [2.24, 2.45) is 16.8 Å². The number of allylic oxidation sites excluding steroid dienone is 1. The highest BCUT2D eigenvalue weighted by Gasteiger charge is 2.43. The molecule has 3 unspecified atom stereocenters. The average molecular weight is 486 g/mol. The zero-order valence-electron chi connectivity index (χ0n) is 22.3. The van der Waals surface area contributed by atoms with Crippen LogP contribution in [-0.4, -0.2) is 42.4 Å². The van der Waals surface area contributed by atoms with Gasteiger partial charge in [-0.05, 0) is 72.4 Å². The number of nitrogens with zero attached hydrogens (tertiary/aromatic N) is 1. The number of hydrogen-bond donors (Lipinski definition) is 0. The van der Waals surface area contributed by atoms with Crippen molar-refractivity contribution < 1.29 is 28.6 Å². The molecule has 1 aromatic rings. The molecule has 0 fully saturated rings. The SMILES string of the molecule is CCOC(=O)C1=C(C)N=C(C)C(C(=O)OCC)C1c1ccccc1CC(CC)C(=O)OC(C)(C)C. The molecule has 1 aromatic carbocycles. The van der Waals surface area contributed by atoms with Gasteiger partial charge >= 0.3 is 17.9 Å². The summed E-state index contributed by atoms with van der Waals surface area (Å²) in [6, 6.07) is 7.60. The lowest BCUT2D eigenvalue weighted by atomic mass is 9.73. The van der Waals surface area contributed by atoms with Crippen LogP contribution in [0.15, 0.2) is 40.5 Å². The van der Waals surface area contributed by atoms with Gasteiger partial charge in [-0.2, -0.15) is 0 Å². The first-order valence-electron chi connectivity index (χ1n) is 12.3. The van der Waals surface area contributed by atoms with Crippen LogP contribution in [0.4, 0.5) is 0 Å². The molecule has 0 saturated heterocycles. The van der Waals surface area contributed by atoms with Gasteiger partial charge in [0.1, 0.15) is 11.5 Å². The minimum absolute atomic E-state index is 0.202. The third-order valence-corrected chi connectivity index (χ3v) is 5.95. The smallest absolute Gasteiger partial charge is 0.336 e. The predicted octanol–water partition coefficient (Wildman–Crippen LogP) is 5.17. The van der Waals surface area contributed by atoms with E-state index < -0.39 is 29.4 Å². The van der Waals surface area contributed by atoms with E-state index in [9.17, 15) is 14.4 Å². The lowest BCUT2D eigenvalue weighted by Gasteiger charge is -2.33. The Bertz CT molecular complexity index is 1000. The third kappa shape index (κ3) is 7.03. The highest BCUT2D eigenvalue weighted by molar-refractivity contribution is 6.07. The van der Waals surface area contributed by atoms with Crippen LogP contribution in [0.2, 0.25) is 0 Å². The second-order valence-corrected chi connectivity index (χ2v) is 9.72. The summed E-state index contributed by atoms with van der Waals surface area (Å²) in [7, 11) is 0. The van der Waals surface area contributed by atoms with Crippen molar-refractivity contribution in [3.63, 3.8) is 0 Å². The van der Waals surface area contributed by atoms with Crippen molar-refractivity contribution in [1.82, 2.24) is 0 Å². The van der Waals surface area contributed by atoms with Gasteiger partial charge in [0.25, 0.3) is 0 Å². The molecule has 192 valence electrons. The average Bonchev–Trinajstić information content (AvgIpc) is 2.76. The molecule has 0 radical (unpaired) electrons. The van der Waals surface area contributed by atoms with E-state index in [-0.39, 0.29) is 25.1 Å². The lowest BCUT2D eigenvalue weighted by molar-refractivity contribution is -0.160. The van der Waals surface area contributed by atoms with Gasteiger partial charge in [0.2, 0.25) is 0 Å². The Hall–Kier alpha value is -2.96. The van der Waals surface area contributed by atoms with E-state index in [0.717, 1.165) is 11.1 Å². The van der Waals surface area contributed by atoms with Gasteiger partial charge in [0.15, 0.2) is 0 Å². The van der Waals surface area contributed by atoms with Crippen LogP contribution in [0, 0.1) is 11.8 Å². The summed E-state index contributed by atoms with van der Waals surface area (Å²) in [4.78, 5) is 43.7. The Kier molecular flexibility index (Phi) is 9.81. The molecule has 1 heterocycles. The number of ether oxygens (including phenoxy) is 3. The van der Waals surface area contributed by atoms with Crippen LogP contribution in [0.3, 0.4) is 0 Å². The van der Waals surface area contributed by atoms with E-state index in [1.807, 2.05) is 52.0 Å². The molecule has 0 amide bonds. The number of hydrogen-bond acceptors (Lipinski definition) is 7. The molecule has 35 heavy (non-hydrogen) atoms. The zero-order chi connectivity index (χ0) is 26.3. The summed E-state index contributed by atoms with van der Waals surface area (Å²) in [6.45, 7) is 14.9. The topological polar surface area (TPSA) is 91.3 Å². The molecule has 7 heteroatoms. The van der Waals surface area contributed by atoms with E-state index in [4.69, 9.17) is 14.2 Å². The van der Waals surface area contributed by atoms with Gasteiger partial charge < -0.3 is 14.2 Å². The summed E-state index contributed by atoms with van der Waals surface area (Å²) < 4.78 is 16.4. The van der Waals surface area contributed by atoms with Gasteiger partial charge in [-0.25, -0.2) is 4.79 Å². The van der Waals surface area contributed by atoms with E-state index in [2.05, 4.69) is 4.99 Å². The summed E-state index contributed by atoms with van der Waals surface area (Å²) in [5, 5.41) is 0. The van der Waals surface area contributed by atoms with Gasteiger partial charge in [-0.1, -0.05) is 31.2 Å². The molecule has 1 aliphatic heterocycles. The number of benzene rings is 1. The Labute approximate surface area is 208 Å². The number of carbonyl (C=O) groups is 3. The summed E-state index contributed by atoms with van der Waals surface area (Å²) in [6.07, 6.45) is 1.01. The van der Waals surface area contributed by atoms with Crippen molar-refractivity contribution in [2.45, 2.75) is 79.8 Å². The third-order valence-electron chi connectivity index (χ3n) is 5.95. The molecule has 0 aromatic heterocycles. The molecular formula is C28H39NO6. The summed E-state index contributed by atoms with van der Waals surface area (Å²) in [5.41, 5.74) is 2.49. The fourth-order valence-corrected chi connectivity index (χ4v) is 4.45. The standard InChI is InChI=1S/C28H39NO6/c1-9-19(25(30)35-28(6,7)8)16-20-14-12-13-15-21(20)24-22(26(31)33-10-2)17(4)29-18(5)23(24)27(32)34-11-3/h12-15,19,22,24H,9-11,16H2,1-8H3. The van der Waals surface area contributed by atoms with Crippen molar-refractivity contribution in [3.05, 3.63) is 46.7 Å². The minimum Gasteiger partial charge on any atom is -0.465 e. The van der Waals surface area contributed by atoms with Crippen molar-refractivity contribution in [2.75, 3.05) is 13.2 Å². The highest BCUT2D eigenvalue weighted by atomic mass is 16.6. The first-order valence-corrected chi connectivity index (χ1v) is 12.3. The molecule has 7 nitrogen and oxygen atoms in total. The van der Waals surface area contributed by atoms with Crippen LogP contribution in [0.1, 0.15) is 78.9 Å². The molecule has 0 spiro atoms. The fraction of sp³-hybridized carbons (Fsp3) is 0.571. The molecular weight excluding hydrogens is 446 g/mol. The van der Waals surface area contributed by atoms with Gasteiger partial charge in [-0.3, -0.25) is 14.6 Å². The first kappa shape index (κ1) is 28.3. The van der Waals surface area contributed by atoms with E-state index >= 15 is 0 Å². The molecule has 0 saturated carbocycles. The summed E-state index contributed by atoms with van der Waals surface area (Å²) in [5.74, 6) is -3.00. The van der Waals surface area contributed by atoms with Gasteiger partial charge in [-0.15, -0.1) is 0 Å². The lowest BCUT2D eigenvalue weighted by Crippen LogP contribution is -2.37. The maximum Gasteiger partial charge on any atom is 0.336 e.